The summed E-state index contributed by atoms with van der Waals surface area (Å²) in [6.07, 6.45) is 6.89. The summed E-state index contributed by atoms with van der Waals surface area (Å²) in [5, 5.41) is 1.03. The number of halogens is 1. The molecule has 0 amide bonds. The minimum absolute atomic E-state index is 0.896. The van der Waals surface area contributed by atoms with Gasteiger partial charge >= 0.3 is 0 Å². The van der Waals surface area contributed by atoms with Crippen molar-refractivity contribution in [2.24, 2.45) is 4.99 Å². The standard InChI is InChI=1S/C8H15BrN2/c1-3-7-11(2)8-10-6-4-5-9/h3,7-8H,4-6H2,1-2H3/b7-3-,10-8+. The Balaban J connectivity index is 3.40. The van der Waals surface area contributed by atoms with E-state index in [0.717, 1.165) is 18.3 Å². The van der Waals surface area contributed by atoms with Crippen LogP contribution in [0.2, 0.25) is 0 Å². The first-order valence-corrected chi connectivity index (χ1v) is 4.84. The van der Waals surface area contributed by atoms with E-state index >= 15 is 0 Å². The maximum Gasteiger partial charge on any atom is 0.0886 e. The van der Waals surface area contributed by atoms with Crippen LogP contribution in [0.5, 0.6) is 0 Å². The molecule has 0 aromatic carbocycles. The molecule has 0 atom stereocenters. The normalized spacial score (nSPS) is 11.5. The molecule has 11 heavy (non-hydrogen) atoms. The predicted molar refractivity (Wildman–Crippen MR) is 54.3 cm³/mol. The van der Waals surface area contributed by atoms with E-state index in [0.29, 0.717) is 0 Å². The largest absolute Gasteiger partial charge is 0.343 e. The third-order valence-electron chi connectivity index (χ3n) is 1.07. The molecule has 0 aliphatic heterocycles. The lowest BCUT2D eigenvalue weighted by molar-refractivity contribution is 0.702. The number of rotatable bonds is 5. The van der Waals surface area contributed by atoms with Gasteiger partial charge < -0.3 is 4.90 Å². The third kappa shape index (κ3) is 7.59. The molecule has 0 heterocycles. The van der Waals surface area contributed by atoms with Crippen molar-refractivity contribution in [1.82, 2.24) is 4.90 Å². The molecule has 0 unspecified atom stereocenters. The van der Waals surface area contributed by atoms with E-state index in [1.807, 2.05) is 37.5 Å². The Morgan fingerprint density at radius 3 is 2.82 bits per heavy atom. The zero-order valence-corrected chi connectivity index (χ0v) is 8.71. The molecule has 0 aliphatic rings. The van der Waals surface area contributed by atoms with Crippen molar-refractivity contribution in [1.29, 1.82) is 0 Å². The molecule has 0 fully saturated rings. The van der Waals surface area contributed by atoms with E-state index in [2.05, 4.69) is 20.9 Å². The SMILES string of the molecule is C/C=C\N(C)/C=N/CCCBr. The van der Waals surface area contributed by atoms with Gasteiger partial charge in [0.1, 0.15) is 0 Å². The quantitative estimate of drug-likeness (QED) is 0.299. The Bertz CT molecular complexity index is 132. The molecule has 0 radical (unpaired) electrons. The Labute approximate surface area is 77.1 Å². The predicted octanol–water partition coefficient (Wildman–Crippen LogP) is 2.27. The van der Waals surface area contributed by atoms with Crippen LogP contribution in [0, 0.1) is 0 Å². The van der Waals surface area contributed by atoms with Crippen molar-refractivity contribution in [2.45, 2.75) is 13.3 Å². The van der Waals surface area contributed by atoms with Crippen molar-refractivity contribution < 1.29 is 0 Å². The summed E-state index contributed by atoms with van der Waals surface area (Å²) in [5.41, 5.74) is 0. The van der Waals surface area contributed by atoms with E-state index in [9.17, 15) is 0 Å². The summed E-state index contributed by atoms with van der Waals surface area (Å²) < 4.78 is 0. The second-order valence-corrected chi connectivity index (χ2v) is 3.01. The second kappa shape index (κ2) is 7.79. The highest BCUT2D eigenvalue weighted by Gasteiger charge is 1.81. The highest BCUT2D eigenvalue weighted by atomic mass is 79.9. The van der Waals surface area contributed by atoms with E-state index in [4.69, 9.17) is 0 Å². The number of hydrogen-bond acceptors (Lipinski definition) is 1. The molecular weight excluding hydrogens is 204 g/mol. The first kappa shape index (κ1) is 10.7. The molecule has 2 nitrogen and oxygen atoms in total. The van der Waals surface area contributed by atoms with Gasteiger partial charge in [-0.1, -0.05) is 22.0 Å². The van der Waals surface area contributed by atoms with Crippen LogP contribution < -0.4 is 0 Å². The third-order valence-corrected chi connectivity index (χ3v) is 1.63. The summed E-state index contributed by atoms with van der Waals surface area (Å²) in [7, 11) is 1.97. The molecule has 0 bridgehead atoms. The summed E-state index contributed by atoms with van der Waals surface area (Å²) in [6, 6.07) is 0. The van der Waals surface area contributed by atoms with Crippen LogP contribution in [0.25, 0.3) is 0 Å². The van der Waals surface area contributed by atoms with Crippen LogP contribution in [0.1, 0.15) is 13.3 Å². The summed E-state index contributed by atoms with van der Waals surface area (Å²) in [5.74, 6) is 0. The molecule has 0 spiro atoms. The maximum atomic E-state index is 4.20. The van der Waals surface area contributed by atoms with Gasteiger partial charge in [0.05, 0.1) is 6.34 Å². The average Bonchev–Trinajstić information content (AvgIpc) is 1.99. The van der Waals surface area contributed by atoms with Gasteiger partial charge in [0.2, 0.25) is 0 Å². The van der Waals surface area contributed by atoms with Crippen molar-refractivity contribution in [3.8, 4) is 0 Å². The first-order valence-electron chi connectivity index (χ1n) is 3.72. The summed E-state index contributed by atoms with van der Waals surface area (Å²) in [6.45, 7) is 2.88. The number of nitrogens with zero attached hydrogens (tertiary/aromatic N) is 2. The Kier molecular flexibility index (Phi) is 7.57. The van der Waals surface area contributed by atoms with Gasteiger partial charge in [0.15, 0.2) is 0 Å². The molecule has 64 valence electrons. The van der Waals surface area contributed by atoms with E-state index in [1.165, 1.54) is 0 Å². The van der Waals surface area contributed by atoms with Gasteiger partial charge in [-0.3, -0.25) is 4.99 Å². The Hall–Kier alpha value is -0.310. The van der Waals surface area contributed by atoms with Crippen LogP contribution in [0.15, 0.2) is 17.3 Å². The van der Waals surface area contributed by atoms with Gasteiger partial charge in [0.25, 0.3) is 0 Å². The highest BCUT2D eigenvalue weighted by Crippen LogP contribution is 1.87. The van der Waals surface area contributed by atoms with Crippen LogP contribution in [-0.2, 0) is 0 Å². The molecule has 0 aliphatic carbocycles. The fourth-order valence-corrected chi connectivity index (χ4v) is 0.862. The number of alkyl halides is 1. The molecular formula is C8H15BrN2. The van der Waals surface area contributed by atoms with Crippen molar-refractivity contribution >= 4 is 22.3 Å². The average molecular weight is 219 g/mol. The smallest absolute Gasteiger partial charge is 0.0886 e. The minimum atomic E-state index is 0.896. The fraction of sp³-hybridized carbons (Fsp3) is 0.625. The van der Waals surface area contributed by atoms with Crippen LogP contribution in [0.3, 0.4) is 0 Å². The monoisotopic (exact) mass is 218 g/mol. The second-order valence-electron chi connectivity index (χ2n) is 2.21. The maximum absolute atomic E-state index is 4.20. The zero-order chi connectivity index (χ0) is 8.53. The molecule has 0 aromatic rings. The number of allylic oxidation sites excluding steroid dienone is 1. The van der Waals surface area contributed by atoms with Gasteiger partial charge in [-0.05, 0) is 13.3 Å². The minimum Gasteiger partial charge on any atom is -0.343 e. The zero-order valence-electron chi connectivity index (χ0n) is 7.13. The summed E-state index contributed by atoms with van der Waals surface area (Å²) in [4.78, 5) is 6.14. The molecule has 3 heteroatoms. The van der Waals surface area contributed by atoms with Gasteiger partial charge in [-0.25, -0.2) is 0 Å². The summed E-state index contributed by atoms with van der Waals surface area (Å²) >= 11 is 3.35. The van der Waals surface area contributed by atoms with Gasteiger partial charge in [-0.2, -0.15) is 0 Å². The topological polar surface area (TPSA) is 15.6 Å². The molecule has 0 saturated carbocycles. The number of hydrogen-bond donors (Lipinski definition) is 0. The van der Waals surface area contributed by atoms with Crippen LogP contribution >= 0.6 is 15.9 Å². The lowest BCUT2D eigenvalue weighted by atomic mass is 10.5. The molecule has 0 rings (SSSR count). The van der Waals surface area contributed by atoms with Crippen molar-refractivity contribution in [2.75, 3.05) is 18.9 Å². The molecule has 0 saturated heterocycles. The number of aliphatic imine (C=N–C) groups is 1. The van der Waals surface area contributed by atoms with Crippen LogP contribution in [-0.4, -0.2) is 30.2 Å². The first-order chi connectivity index (χ1) is 5.31. The van der Waals surface area contributed by atoms with Crippen LogP contribution in [0.4, 0.5) is 0 Å². The van der Waals surface area contributed by atoms with Gasteiger partial charge in [-0.15, -0.1) is 0 Å². The lowest BCUT2D eigenvalue weighted by Crippen LogP contribution is -2.07. The lowest BCUT2D eigenvalue weighted by Gasteiger charge is -2.03. The van der Waals surface area contributed by atoms with E-state index in [1.54, 1.807) is 0 Å². The Morgan fingerprint density at radius 2 is 2.27 bits per heavy atom. The van der Waals surface area contributed by atoms with Crippen molar-refractivity contribution in [3.05, 3.63) is 12.3 Å². The van der Waals surface area contributed by atoms with Gasteiger partial charge in [0, 0.05) is 25.1 Å². The van der Waals surface area contributed by atoms with Crippen molar-refractivity contribution in [3.63, 3.8) is 0 Å². The van der Waals surface area contributed by atoms with E-state index in [-0.39, 0.29) is 0 Å². The molecule has 0 aromatic heterocycles. The Morgan fingerprint density at radius 1 is 1.55 bits per heavy atom. The highest BCUT2D eigenvalue weighted by molar-refractivity contribution is 9.09. The fourth-order valence-electron chi connectivity index (χ4n) is 0.611. The molecule has 0 N–H and O–H groups in total. The van der Waals surface area contributed by atoms with E-state index < -0.39 is 0 Å².